The van der Waals surface area contributed by atoms with E-state index < -0.39 is 0 Å². The molecule has 0 saturated heterocycles. The Morgan fingerprint density at radius 1 is 1.38 bits per heavy atom. The third-order valence-electron chi connectivity index (χ3n) is 1.75. The zero-order valence-electron chi connectivity index (χ0n) is 8.13. The average molecular weight is 198 g/mol. The van der Waals surface area contributed by atoms with Crippen molar-refractivity contribution in [3.63, 3.8) is 0 Å². The largest absolute Gasteiger partial charge is 0.273 e. The molecule has 13 heavy (non-hydrogen) atoms. The van der Waals surface area contributed by atoms with Crippen molar-refractivity contribution >= 4 is 23.6 Å². The fourth-order valence-corrected chi connectivity index (χ4v) is 1.14. The molecular formula is C10H14ClN2+. The average Bonchev–Trinajstić information content (AvgIpc) is 2.07. The molecule has 3 heteroatoms. The molecule has 0 bridgehead atoms. The van der Waals surface area contributed by atoms with Crippen molar-refractivity contribution in [2.45, 2.75) is 6.92 Å². The van der Waals surface area contributed by atoms with Crippen molar-refractivity contribution in [1.82, 2.24) is 0 Å². The normalized spacial score (nSPS) is 9.54. The van der Waals surface area contributed by atoms with E-state index in [4.69, 9.17) is 11.6 Å². The van der Waals surface area contributed by atoms with Crippen molar-refractivity contribution < 1.29 is 4.58 Å². The van der Waals surface area contributed by atoms with E-state index in [0.29, 0.717) is 0 Å². The van der Waals surface area contributed by atoms with Gasteiger partial charge in [0, 0.05) is 10.6 Å². The summed E-state index contributed by atoms with van der Waals surface area (Å²) in [6.07, 6.45) is 1.89. The highest BCUT2D eigenvalue weighted by Crippen LogP contribution is 2.22. The van der Waals surface area contributed by atoms with Crippen molar-refractivity contribution in [2.24, 2.45) is 0 Å². The van der Waals surface area contributed by atoms with Crippen molar-refractivity contribution in [1.29, 1.82) is 0 Å². The Kier molecular flexibility index (Phi) is 3.32. The summed E-state index contributed by atoms with van der Waals surface area (Å²) in [5.74, 6) is 0. The van der Waals surface area contributed by atoms with Crippen LogP contribution in [0.25, 0.3) is 0 Å². The predicted molar refractivity (Wildman–Crippen MR) is 58.0 cm³/mol. The first kappa shape index (κ1) is 10.1. The van der Waals surface area contributed by atoms with Crippen LogP contribution >= 0.6 is 11.6 Å². The van der Waals surface area contributed by atoms with Crippen LogP contribution in [0.3, 0.4) is 0 Å². The Morgan fingerprint density at radius 2 is 2.08 bits per heavy atom. The molecule has 0 aliphatic carbocycles. The van der Waals surface area contributed by atoms with Gasteiger partial charge < -0.3 is 0 Å². The highest BCUT2D eigenvalue weighted by Gasteiger charge is 2.03. The minimum atomic E-state index is 0.789. The van der Waals surface area contributed by atoms with Crippen molar-refractivity contribution in [2.75, 3.05) is 19.4 Å². The van der Waals surface area contributed by atoms with Crippen LogP contribution in [-0.4, -0.2) is 25.0 Å². The first-order valence-corrected chi connectivity index (χ1v) is 4.50. The second-order valence-electron chi connectivity index (χ2n) is 3.15. The summed E-state index contributed by atoms with van der Waals surface area (Å²) in [6, 6.07) is 5.82. The second kappa shape index (κ2) is 4.28. The lowest BCUT2D eigenvalue weighted by molar-refractivity contribution is -0.459. The van der Waals surface area contributed by atoms with E-state index >= 15 is 0 Å². The van der Waals surface area contributed by atoms with Gasteiger partial charge in [-0.3, -0.25) is 4.58 Å². The zero-order chi connectivity index (χ0) is 9.84. The molecule has 0 radical (unpaired) electrons. The Balaban J connectivity index is 2.89. The lowest BCUT2D eigenvalue weighted by atomic mass is 10.2. The van der Waals surface area contributed by atoms with Crippen LogP contribution in [0.5, 0.6) is 0 Å². The summed E-state index contributed by atoms with van der Waals surface area (Å²) in [5, 5.41) is 3.96. The third kappa shape index (κ3) is 2.74. The molecule has 2 nitrogen and oxygen atoms in total. The van der Waals surface area contributed by atoms with E-state index in [1.54, 1.807) is 0 Å². The van der Waals surface area contributed by atoms with Crippen LogP contribution in [0.15, 0.2) is 18.2 Å². The van der Waals surface area contributed by atoms with Crippen LogP contribution in [0.2, 0.25) is 5.02 Å². The Labute approximate surface area is 83.8 Å². The van der Waals surface area contributed by atoms with Gasteiger partial charge in [0.25, 0.3) is 0 Å². The van der Waals surface area contributed by atoms with Crippen LogP contribution in [0.4, 0.5) is 5.69 Å². The van der Waals surface area contributed by atoms with Crippen molar-refractivity contribution in [3.05, 3.63) is 28.8 Å². The second-order valence-corrected chi connectivity index (χ2v) is 3.56. The number of anilines is 1. The molecule has 1 aromatic rings. The molecule has 0 atom stereocenters. The molecule has 0 amide bonds. The van der Waals surface area contributed by atoms with Gasteiger partial charge >= 0.3 is 0 Å². The molecule has 0 spiro atoms. The summed E-state index contributed by atoms with van der Waals surface area (Å²) in [5.41, 5.74) is 2.11. The molecule has 0 aliphatic heterocycles. The molecule has 70 valence electrons. The van der Waals surface area contributed by atoms with Gasteiger partial charge in [0.05, 0.1) is 14.1 Å². The van der Waals surface area contributed by atoms with Gasteiger partial charge in [0.1, 0.15) is 5.69 Å². The summed E-state index contributed by atoms with van der Waals surface area (Å²) < 4.78 is 1.94. The van der Waals surface area contributed by atoms with E-state index in [0.717, 1.165) is 16.3 Å². The standard InChI is InChI=1S/C10H13ClN2/c1-8-9(11)5-4-6-10(8)12-7-13(2)3/h4-7H,1-3H3/p+1. The summed E-state index contributed by atoms with van der Waals surface area (Å²) in [6.45, 7) is 1.99. The zero-order valence-corrected chi connectivity index (χ0v) is 8.89. The first-order valence-electron chi connectivity index (χ1n) is 4.12. The molecule has 0 fully saturated rings. The van der Waals surface area contributed by atoms with E-state index in [9.17, 15) is 0 Å². The number of hydrogen-bond acceptors (Lipinski definition) is 0. The number of nitrogens with zero attached hydrogens (tertiary/aromatic N) is 1. The van der Waals surface area contributed by atoms with Gasteiger partial charge in [0.2, 0.25) is 6.34 Å². The lowest BCUT2D eigenvalue weighted by Gasteiger charge is -2.01. The number of rotatable bonds is 2. The summed E-state index contributed by atoms with van der Waals surface area (Å²) in [4.78, 5) is 0. The first-order chi connectivity index (χ1) is 6.11. The maximum Gasteiger partial charge on any atom is 0.236 e. The Bertz CT molecular complexity index is 328. The molecule has 0 aliphatic rings. The molecule has 0 heterocycles. The van der Waals surface area contributed by atoms with Gasteiger partial charge in [0.15, 0.2) is 0 Å². The van der Waals surface area contributed by atoms with E-state index in [1.165, 1.54) is 0 Å². The van der Waals surface area contributed by atoms with Gasteiger partial charge in [-0.1, -0.05) is 17.7 Å². The Morgan fingerprint density at radius 3 is 2.69 bits per heavy atom. The molecular weight excluding hydrogens is 184 g/mol. The van der Waals surface area contributed by atoms with E-state index in [1.807, 2.05) is 50.1 Å². The minimum Gasteiger partial charge on any atom is -0.273 e. The van der Waals surface area contributed by atoms with Crippen LogP contribution in [0.1, 0.15) is 5.56 Å². The molecule has 0 saturated carbocycles. The van der Waals surface area contributed by atoms with E-state index in [2.05, 4.69) is 5.32 Å². The summed E-state index contributed by atoms with van der Waals surface area (Å²) in [7, 11) is 3.93. The molecule has 1 rings (SSSR count). The smallest absolute Gasteiger partial charge is 0.236 e. The van der Waals surface area contributed by atoms with Gasteiger partial charge in [-0.05, 0) is 19.1 Å². The number of benzene rings is 1. The number of nitrogens with one attached hydrogen (secondary N) is 1. The van der Waals surface area contributed by atoms with E-state index in [-0.39, 0.29) is 0 Å². The quantitative estimate of drug-likeness (QED) is 0.437. The number of halogens is 1. The fraction of sp³-hybridized carbons (Fsp3) is 0.300. The highest BCUT2D eigenvalue weighted by atomic mass is 35.5. The molecule has 1 aromatic carbocycles. The number of hydrogen-bond donors (Lipinski definition) is 1. The third-order valence-corrected chi connectivity index (χ3v) is 2.16. The molecule has 1 N–H and O–H groups in total. The van der Waals surface area contributed by atoms with Crippen LogP contribution in [0, 0.1) is 6.92 Å². The van der Waals surface area contributed by atoms with Crippen LogP contribution in [-0.2, 0) is 0 Å². The van der Waals surface area contributed by atoms with Crippen LogP contribution < -0.4 is 5.32 Å². The molecule has 0 aromatic heterocycles. The SMILES string of the molecule is Cc1c(Cl)cccc1NC=[N+](C)C. The predicted octanol–water partition coefficient (Wildman–Crippen LogP) is 2.36. The maximum absolute atomic E-state index is 5.96. The van der Waals surface area contributed by atoms with Crippen molar-refractivity contribution in [3.8, 4) is 0 Å². The lowest BCUT2D eigenvalue weighted by Crippen LogP contribution is -2.08. The monoisotopic (exact) mass is 197 g/mol. The highest BCUT2D eigenvalue weighted by molar-refractivity contribution is 6.31. The maximum atomic E-state index is 5.96. The summed E-state index contributed by atoms with van der Waals surface area (Å²) >= 11 is 5.96. The van der Waals surface area contributed by atoms with Gasteiger partial charge in [-0.2, -0.15) is 0 Å². The van der Waals surface area contributed by atoms with Gasteiger partial charge in [-0.25, -0.2) is 5.32 Å². The van der Waals surface area contributed by atoms with Gasteiger partial charge in [-0.15, -0.1) is 0 Å². The fourth-order valence-electron chi connectivity index (χ4n) is 0.962. The molecule has 0 unspecified atom stereocenters. The Hall–Kier alpha value is -1.02. The minimum absolute atomic E-state index is 0.789. The topological polar surface area (TPSA) is 15.0 Å².